The molecule has 0 bridgehead atoms. The Morgan fingerprint density at radius 1 is 1.36 bits per heavy atom. The summed E-state index contributed by atoms with van der Waals surface area (Å²) in [5, 5.41) is 0.693. The van der Waals surface area contributed by atoms with E-state index in [4.69, 9.17) is 22.1 Å². The second-order valence-corrected chi connectivity index (χ2v) is 4.19. The van der Waals surface area contributed by atoms with Gasteiger partial charge in [-0.1, -0.05) is 11.6 Å². The van der Waals surface area contributed by atoms with Crippen LogP contribution < -0.4 is 10.5 Å². The number of ether oxygens (including phenoxy) is 1. The van der Waals surface area contributed by atoms with Gasteiger partial charge in [-0.3, -0.25) is 0 Å². The lowest BCUT2D eigenvalue weighted by Crippen LogP contribution is -2.01. The maximum absolute atomic E-state index is 5.92. The Morgan fingerprint density at radius 3 is 2.79 bits per heavy atom. The van der Waals surface area contributed by atoms with Crippen molar-refractivity contribution in [3.8, 4) is 5.75 Å². The molecule has 0 spiro atoms. The zero-order valence-corrected chi connectivity index (χ0v) is 8.76. The number of hydrogen-bond acceptors (Lipinski definition) is 2. The van der Waals surface area contributed by atoms with Crippen molar-refractivity contribution in [3.63, 3.8) is 0 Å². The summed E-state index contributed by atoms with van der Waals surface area (Å²) >= 11 is 5.92. The van der Waals surface area contributed by atoms with Gasteiger partial charge in [-0.2, -0.15) is 0 Å². The minimum absolute atomic E-state index is 0.500. The Balaban J connectivity index is 2.03. The molecule has 1 aromatic carbocycles. The van der Waals surface area contributed by atoms with E-state index >= 15 is 0 Å². The van der Waals surface area contributed by atoms with Gasteiger partial charge in [-0.05, 0) is 42.5 Å². The van der Waals surface area contributed by atoms with Crippen LogP contribution in [0.15, 0.2) is 18.2 Å². The van der Waals surface area contributed by atoms with E-state index in [1.807, 2.05) is 18.2 Å². The third-order valence-electron chi connectivity index (χ3n) is 2.35. The summed E-state index contributed by atoms with van der Waals surface area (Å²) in [6, 6.07) is 5.66. The number of benzene rings is 1. The van der Waals surface area contributed by atoms with Crippen molar-refractivity contribution >= 4 is 11.6 Å². The van der Waals surface area contributed by atoms with Gasteiger partial charge in [0.2, 0.25) is 0 Å². The van der Waals surface area contributed by atoms with Crippen molar-refractivity contribution in [2.45, 2.75) is 19.4 Å². The molecule has 76 valence electrons. The van der Waals surface area contributed by atoms with Crippen molar-refractivity contribution in [1.29, 1.82) is 0 Å². The molecule has 0 aliphatic heterocycles. The zero-order chi connectivity index (χ0) is 9.97. The third-order valence-corrected chi connectivity index (χ3v) is 2.57. The first-order valence-electron chi connectivity index (χ1n) is 4.90. The molecule has 14 heavy (non-hydrogen) atoms. The van der Waals surface area contributed by atoms with Crippen molar-refractivity contribution in [1.82, 2.24) is 0 Å². The SMILES string of the molecule is NCc1cc(Cl)cc(OCC2CC2)c1. The van der Waals surface area contributed by atoms with Crippen LogP contribution in [-0.4, -0.2) is 6.61 Å². The average molecular weight is 212 g/mol. The van der Waals surface area contributed by atoms with Crippen LogP contribution in [0, 0.1) is 5.92 Å². The van der Waals surface area contributed by atoms with E-state index in [0.717, 1.165) is 23.8 Å². The molecule has 2 rings (SSSR count). The monoisotopic (exact) mass is 211 g/mol. The summed E-state index contributed by atoms with van der Waals surface area (Å²) in [5.74, 6) is 1.60. The van der Waals surface area contributed by atoms with Crippen LogP contribution in [0.4, 0.5) is 0 Å². The Bertz CT molecular complexity index is 323. The summed E-state index contributed by atoms with van der Waals surface area (Å²) in [5.41, 5.74) is 6.56. The van der Waals surface area contributed by atoms with Crippen molar-refractivity contribution in [3.05, 3.63) is 28.8 Å². The molecule has 1 aliphatic carbocycles. The van der Waals surface area contributed by atoms with Crippen molar-refractivity contribution in [2.75, 3.05) is 6.61 Å². The maximum Gasteiger partial charge on any atom is 0.121 e. The lowest BCUT2D eigenvalue weighted by molar-refractivity contribution is 0.299. The maximum atomic E-state index is 5.92. The molecular formula is C11H14ClNO. The van der Waals surface area contributed by atoms with E-state index in [9.17, 15) is 0 Å². The molecule has 1 aromatic rings. The van der Waals surface area contributed by atoms with Crippen LogP contribution in [0.3, 0.4) is 0 Å². The molecule has 2 N–H and O–H groups in total. The lowest BCUT2D eigenvalue weighted by atomic mass is 10.2. The number of hydrogen-bond donors (Lipinski definition) is 1. The van der Waals surface area contributed by atoms with E-state index in [0.29, 0.717) is 11.6 Å². The van der Waals surface area contributed by atoms with Gasteiger partial charge in [0.25, 0.3) is 0 Å². The molecule has 0 amide bonds. The molecule has 3 heteroatoms. The summed E-state index contributed by atoms with van der Waals surface area (Å²) in [7, 11) is 0. The predicted octanol–water partition coefficient (Wildman–Crippen LogP) is 2.59. The standard InChI is InChI=1S/C11H14ClNO/c12-10-3-9(6-13)4-11(5-10)14-7-8-1-2-8/h3-5,8H,1-2,6-7,13H2. The smallest absolute Gasteiger partial charge is 0.121 e. The van der Waals surface area contributed by atoms with E-state index in [1.165, 1.54) is 12.8 Å². The van der Waals surface area contributed by atoms with Gasteiger partial charge in [-0.15, -0.1) is 0 Å². The van der Waals surface area contributed by atoms with Gasteiger partial charge in [-0.25, -0.2) is 0 Å². The van der Waals surface area contributed by atoms with Crippen LogP contribution in [0.25, 0.3) is 0 Å². The molecule has 1 fully saturated rings. The van der Waals surface area contributed by atoms with E-state index < -0.39 is 0 Å². The molecule has 0 atom stereocenters. The van der Waals surface area contributed by atoms with Gasteiger partial charge in [0.1, 0.15) is 5.75 Å². The summed E-state index contributed by atoms with van der Waals surface area (Å²) < 4.78 is 5.61. The van der Waals surface area contributed by atoms with E-state index in [1.54, 1.807) is 0 Å². The summed E-state index contributed by atoms with van der Waals surface area (Å²) in [6.45, 7) is 1.31. The van der Waals surface area contributed by atoms with Crippen molar-refractivity contribution < 1.29 is 4.74 Å². The highest BCUT2D eigenvalue weighted by Gasteiger charge is 2.21. The van der Waals surface area contributed by atoms with Crippen LogP contribution in [-0.2, 0) is 6.54 Å². The topological polar surface area (TPSA) is 35.2 Å². The van der Waals surface area contributed by atoms with Gasteiger partial charge < -0.3 is 10.5 Å². The molecule has 2 nitrogen and oxygen atoms in total. The van der Waals surface area contributed by atoms with E-state index in [2.05, 4.69) is 0 Å². The predicted molar refractivity (Wildman–Crippen MR) is 57.6 cm³/mol. The fourth-order valence-corrected chi connectivity index (χ4v) is 1.57. The Labute approximate surface area is 89.0 Å². The fraction of sp³-hybridized carbons (Fsp3) is 0.455. The highest BCUT2D eigenvalue weighted by molar-refractivity contribution is 6.30. The zero-order valence-electron chi connectivity index (χ0n) is 8.00. The lowest BCUT2D eigenvalue weighted by Gasteiger charge is -2.07. The molecule has 0 aromatic heterocycles. The third kappa shape index (κ3) is 2.63. The van der Waals surface area contributed by atoms with Gasteiger partial charge >= 0.3 is 0 Å². The molecule has 1 saturated carbocycles. The molecule has 0 saturated heterocycles. The van der Waals surface area contributed by atoms with E-state index in [-0.39, 0.29) is 0 Å². The summed E-state index contributed by atoms with van der Waals surface area (Å²) in [6.07, 6.45) is 2.59. The minimum Gasteiger partial charge on any atom is -0.493 e. The van der Waals surface area contributed by atoms with Crippen molar-refractivity contribution in [2.24, 2.45) is 11.7 Å². The average Bonchev–Trinajstić information content (AvgIpc) is 2.97. The Hall–Kier alpha value is -0.730. The largest absolute Gasteiger partial charge is 0.493 e. The molecule has 1 aliphatic rings. The normalized spacial score (nSPS) is 15.6. The van der Waals surface area contributed by atoms with Gasteiger partial charge in [0.15, 0.2) is 0 Å². The first-order chi connectivity index (χ1) is 6.78. The molecule has 0 unspecified atom stereocenters. The highest BCUT2D eigenvalue weighted by atomic mass is 35.5. The molecule has 0 radical (unpaired) electrons. The quantitative estimate of drug-likeness (QED) is 0.831. The first kappa shape index (κ1) is 9.81. The van der Waals surface area contributed by atoms with Gasteiger partial charge in [0, 0.05) is 11.6 Å². The van der Waals surface area contributed by atoms with Crippen LogP contribution in [0.2, 0.25) is 5.02 Å². The van der Waals surface area contributed by atoms with Crippen LogP contribution >= 0.6 is 11.6 Å². The highest BCUT2D eigenvalue weighted by Crippen LogP contribution is 2.30. The number of rotatable bonds is 4. The fourth-order valence-electron chi connectivity index (χ4n) is 1.32. The second kappa shape index (κ2) is 4.20. The Morgan fingerprint density at radius 2 is 2.14 bits per heavy atom. The Kier molecular flexibility index (Phi) is 2.94. The number of halogens is 1. The number of nitrogens with two attached hydrogens (primary N) is 1. The van der Waals surface area contributed by atoms with Crippen LogP contribution in [0.5, 0.6) is 5.75 Å². The molecular weight excluding hydrogens is 198 g/mol. The summed E-state index contributed by atoms with van der Waals surface area (Å²) in [4.78, 5) is 0. The molecule has 0 heterocycles. The second-order valence-electron chi connectivity index (χ2n) is 3.75. The van der Waals surface area contributed by atoms with Crippen LogP contribution in [0.1, 0.15) is 18.4 Å². The van der Waals surface area contributed by atoms with Gasteiger partial charge in [0.05, 0.1) is 6.61 Å². The first-order valence-corrected chi connectivity index (χ1v) is 5.28. The minimum atomic E-state index is 0.500.